The first-order chi connectivity index (χ1) is 9.41. The molecule has 0 aliphatic heterocycles. The molecular weight excluding hydrogens is 274 g/mol. The number of carbonyl (C=O) groups is 2. The third kappa shape index (κ3) is 4.97. The van der Waals surface area contributed by atoms with E-state index < -0.39 is 5.92 Å². The van der Waals surface area contributed by atoms with Crippen molar-refractivity contribution in [3.63, 3.8) is 0 Å². The summed E-state index contributed by atoms with van der Waals surface area (Å²) in [7, 11) is 3.26. The van der Waals surface area contributed by atoms with Gasteiger partial charge >= 0.3 is 0 Å². The van der Waals surface area contributed by atoms with E-state index in [9.17, 15) is 9.59 Å². The highest BCUT2D eigenvalue weighted by Crippen LogP contribution is 2.09. The highest BCUT2D eigenvalue weighted by molar-refractivity contribution is 7.80. The molecule has 1 rings (SSSR count). The van der Waals surface area contributed by atoms with Crippen molar-refractivity contribution in [3.8, 4) is 0 Å². The Kier molecular flexibility index (Phi) is 6.11. The predicted molar refractivity (Wildman–Crippen MR) is 82.1 cm³/mol. The maximum Gasteiger partial charge on any atom is 0.241 e. The molecule has 1 unspecified atom stereocenters. The number of hydrogen-bond acceptors (Lipinski definition) is 3. The summed E-state index contributed by atoms with van der Waals surface area (Å²) >= 11 is 4.95. The number of carbonyl (C=O) groups excluding carboxylic acids is 2. The van der Waals surface area contributed by atoms with E-state index in [4.69, 9.17) is 18.0 Å². The van der Waals surface area contributed by atoms with Gasteiger partial charge in [-0.25, -0.2) is 0 Å². The molecule has 0 spiro atoms. The fourth-order valence-corrected chi connectivity index (χ4v) is 1.81. The second kappa shape index (κ2) is 7.59. The number of nitrogens with two attached hydrogens (primary N) is 1. The van der Waals surface area contributed by atoms with Gasteiger partial charge in [0.15, 0.2) is 0 Å². The van der Waals surface area contributed by atoms with E-state index in [1.807, 2.05) is 30.3 Å². The monoisotopic (exact) mass is 293 g/mol. The van der Waals surface area contributed by atoms with Crippen LogP contribution in [0.3, 0.4) is 0 Å². The lowest BCUT2D eigenvalue weighted by molar-refractivity contribution is -0.131. The lowest BCUT2D eigenvalue weighted by Crippen LogP contribution is -2.43. The molecule has 1 aromatic carbocycles. The van der Waals surface area contributed by atoms with Crippen LogP contribution in [0.4, 0.5) is 0 Å². The Morgan fingerprint density at radius 3 is 2.40 bits per heavy atom. The van der Waals surface area contributed by atoms with Crippen LogP contribution in [0, 0.1) is 5.92 Å². The average Bonchev–Trinajstić information content (AvgIpc) is 2.42. The first kappa shape index (κ1) is 16.1. The Morgan fingerprint density at radius 1 is 1.30 bits per heavy atom. The molecule has 20 heavy (non-hydrogen) atoms. The minimum Gasteiger partial charge on any atom is -0.393 e. The van der Waals surface area contributed by atoms with Gasteiger partial charge in [0.2, 0.25) is 11.8 Å². The van der Waals surface area contributed by atoms with E-state index in [0.717, 1.165) is 5.56 Å². The van der Waals surface area contributed by atoms with Gasteiger partial charge in [0.25, 0.3) is 0 Å². The maximum absolute atomic E-state index is 12.1. The number of amides is 2. The fourth-order valence-electron chi connectivity index (χ4n) is 1.62. The molecule has 0 aromatic heterocycles. The highest BCUT2D eigenvalue weighted by atomic mass is 32.1. The largest absolute Gasteiger partial charge is 0.393 e. The molecule has 0 bridgehead atoms. The minimum absolute atomic E-state index is 0.0558. The molecule has 0 fully saturated rings. The Hall–Kier alpha value is -1.95. The summed E-state index contributed by atoms with van der Waals surface area (Å²) in [6.07, 6.45) is 0.429. The zero-order valence-electron chi connectivity index (χ0n) is 11.6. The van der Waals surface area contributed by atoms with Crippen molar-refractivity contribution < 1.29 is 9.59 Å². The second-order valence-electron chi connectivity index (χ2n) is 4.65. The van der Waals surface area contributed by atoms with E-state index in [2.05, 4.69) is 5.32 Å². The van der Waals surface area contributed by atoms with Crippen molar-refractivity contribution >= 4 is 29.0 Å². The molecule has 3 N–H and O–H groups in total. The molecule has 0 heterocycles. The molecule has 108 valence electrons. The van der Waals surface area contributed by atoms with Crippen LogP contribution in [-0.4, -0.2) is 42.3 Å². The van der Waals surface area contributed by atoms with Gasteiger partial charge in [0.1, 0.15) is 0 Å². The summed E-state index contributed by atoms with van der Waals surface area (Å²) in [6.45, 7) is -0.0558. The number of likely N-dealkylation sites (N-methyl/N-ethyl adjacent to an activating group) is 1. The Morgan fingerprint density at radius 2 is 1.90 bits per heavy atom. The van der Waals surface area contributed by atoms with Gasteiger partial charge in [-0.1, -0.05) is 42.5 Å². The molecule has 5 nitrogen and oxygen atoms in total. The summed E-state index contributed by atoms with van der Waals surface area (Å²) in [5.74, 6) is -1.11. The summed E-state index contributed by atoms with van der Waals surface area (Å²) in [5, 5.41) is 2.57. The molecular formula is C14H19N3O2S. The first-order valence-corrected chi connectivity index (χ1v) is 6.63. The van der Waals surface area contributed by atoms with Gasteiger partial charge in [0.05, 0.1) is 17.5 Å². The van der Waals surface area contributed by atoms with Crippen LogP contribution >= 0.6 is 12.2 Å². The molecule has 2 amide bonds. The number of rotatable bonds is 6. The number of hydrogen-bond donors (Lipinski definition) is 2. The molecule has 0 saturated heterocycles. The summed E-state index contributed by atoms with van der Waals surface area (Å²) in [6, 6.07) is 9.49. The second-order valence-corrected chi connectivity index (χ2v) is 5.12. The molecule has 0 saturated carbocycles. The zero-order valence-corrected chi connectivity index (χ0v) is 12.4. The van der Waals surface area contributed by atoms with E-state index in [-0.39, 0.29) is 23.3 Å². The smallest absolute Gasteiger partial charge is 0.241 e. The van der Waals surface area contributed by atoms with Crippen LogP contribution in [0.1, 0.15) is 5.56 Å². The topological polar surface area (TPSA) is 75.4 Å². The van der Waals surface area contributed by atoms with Gasteiger partial charge in [0, 0.05) is 14.1 Å². The highest BCUT2D eigenvalue weighted by Gasteiger charge is 2.22. The van der Waals surface area contributed by atoms with Crippen LogP contribution < -0.4 is 11.1 Å². The van der Waals surface area contributed by atoms with Gasteiger partial charge in [-0.2, -0.15) is 0 Å². The number of benzene rings is 1. The van der Waals surface area contributed by atoms with Gasteiger partial charge in [-0.3, -0.25) is 9.59 Å². The molecule has 6 heteroatoms. The van der Waals surface area contributed by atoms with Crippen LogP contribution in [0.25, 0.3) is 0 Å². The lowest BCUT2D eigenvalue weighted by atomic mass is 9.98. The van der Waals surface area contributed by atoms with Crippen molar-refractivity contribution in [2.75, 3.05) is 20.6 Å². The Bertz CT molecular complexity index is 488. The van der Waals surface area contributed by atoms with Crippen molar-refractivity contribution in [1.82, 2.24) is 10.2 Å². The standard InChI is InChI=1S/C14H19N3O2S/c1-17(2)12(18)9-16-14(19)11(13(15)20)8-10-6-4-3-5-7-10/h3-7,11H,8-9H2,1-2H3,(H2,15,20)(H,16,19). The van der Waals surface area contributed by atoms with Gasteiger partial charge < -0.3 is 16.0 Å². The van der Waals surface area contributed by atoms with E-state index in [0.29, 0.717) is 6.42 Å². The molecule has 1 aromatic rings. The lowest BCUT2D eigenvalue weighted by Gasteiger charge is -2.16. The first-order valence-electron chi connectivity index (χ1n) is 6.23. The summed E-state index contributed by atoms with van der Waals surface area (Å²) in [4.78, 5) is 25.1. The van der Waals surface area contributed by atoms with Crippen LogP contribution in [0.5, 0.6) is 0 Å². The van der Waals surface area contributed by atoms with Crippen molar-refractivity contribution in [1.29, 1.82) is 0 Å². The van der Waals surface area contributed by atoms with Crippen molar-refractivity contribution in [3.05, 3.63) is 35.9 Å². The Labute approximate surface area is 124 Å². The van der Waals surface area contributed by atoms with Crippen LogP contribution in [0.2, 0.25) is 0 Å². The quantitative estimate of drug-likeness (QED) is 0.742. The molecule has 0 aliphatic carbocycles. The average molecular weight is 293 g/mol. The third-order valence-corrected chi connectivity index (χ3v) is 3.14. The SMILES string of the molecule is CN(C)C(=O)CNC(=O)C(Cc1ccccc1)C(N)=S. The van der Waals surface area contributed by atoms with Crippen molar-refractivity contribution in [2.45, 2.75) is 6.42 Å². The summed E-state index contributed by atoms with van der Waals surface area (Å²) in [5.41, 5.74) is 6.60. The van der Waals surface area contributed by atoms with Crippen LogP contribution in [0.15, 0.2) is 30.3 Å². The normalized spacial score (nSPS) is 11.5. The predicted octanol–water partition coefficient (Wildman–Crippen LogP) is 0.336. The zero-order chi connectivity index (χ0) is 15.1. The number of nitrogens with one attached hydrogen (secondary N) is 1. The minimum atomic E-state index is -0.609. The van der Waals surface area contributed by atoms with Crippen LogP contribution in [-0.2, 0) is 16.0 Å². The van der Waals surface area contributed by atoms with Gasteiger partial charge in [-0.15, -0.1) is 0 Å². The van der Waals surface area contributed by atoms with Gasteiger partial charge in [-0.05, 0) is 12.0 Å². The van der Waals surface area contributed by atoms with E-state index in [1.165, 1.54) is 4.90 Å². The third-order valence-electron chi connectivity index (χ3n) is 2.86. The number of thiocarbonyl (C=S) groups is 1. The number of nitrogens with zero attached hydrogens (tertiary/aromatic N) is 1. The molecule has 0 aliphatic rings. The summed E-state index contributed by atoms with van der Waals surface area (Å²) < 4.78 is 0. The molecule has 1 atom stereocenters. The maximum atomic E-state index is 12.1. The fraction of sp³-hybridized carbons (Fsp3) is 0.357. The van der Waals surface area contributed by atoms with E-state index in [1.54, 1.807) is 14.1 Å². The molecule has 0 radical (unpaired) electrons. The van der Waals surface area contributed by atoms with E-state index >= 15 is 0 Å². The Balaban J connectivity index is 2.64. The van der Waals surface area contributed by atoms with Crippen molar-refractivity contribution in [2.24, 2.45) is 11.7 Å².